The fourth-order valence-corrected chi connectivity index (χ4v) is 3.77. The maximum atomic E-state index is 5.91. The number of hydrogen-bond donors (Lipinski definition) is 0. The van der Waals surface area contributed by atoms with Gasteiger partial charge in [0.1, 0.15) is 17.2 Å². The van der Waals surface area contributed by atoms with Crippen LogP contribution in [0.15, 0.2) is 34.7 Å². The normalized spacial score (nSPS) is 18.3. The van der Waals surface area contributed by atoms with E-state index in [0.717, 1.165) is 54.9 Å². The Morgan fingerprint density at radius 2 is 1.73 bits per heavy atom. The molecule has 5 rings (SSSR count). The quantitative estimate of drug-likeness (QED) is 0.721. The Bertz CT molecular complexity index is 892. The lowest BCUT2D eigenvalue weighted by Gasteiger charge is -2.35. The van der Waals surface area contributed by atoms with Crippen LogP contribution in [-0.2, 0) is 0 Å². The Morgan fingerprint density at radius 1 is 0.962 bits per heavy atom. The Labute approximate surface area is 152 Å². The predicted octanol–water partition coefficient (Wildman–Crippen LogP) is 3.52. The van der Waals surface area contributed by atoms with E-state index in [4.69, 9.17) is 4.42 Å². The summed E-state index contributed by atoms with van der Waals surface area (Å²) in [7, 11) is 0. The molecule has 0 atom stereocenters. The van der Waals surface area contributed by atoms with E-state index in [0.29, 0.717) is 5.92 Å². The summed E-state index contributed by atoms with van der Waals surface area (Å²) in [6.45, 7) is 5.60. The van der Waals surface area contributed by atoms with Crippen molar-refractivity contribution in [1.82, 2.24) is 15.0 Å². The van der Waals surface area contributed by atoms with E-state index in [1.54, 1.807) is 0 Å². The van der Waals surface area contributed by atoms with Crippen LogP contribution in [0.2, 0.25) is 0 Å². The molecule has 2 fully saturated rings. The zero-order valence-electron chi connectivity index (χ0n) is 15.1. The van der Waals surface area contributed by atoms with Crippen LogP contribution in [0.3, 0.4) is 0 Å². The van der Waals surface area contributed by atoms with E-state index in [-0.39, 0.29) is 0 Å². The van der Waals surface area contributed by atoms with Crippen LogP contribution in [0, 0.1) is 6.92 Å². The van der Waals surface area contributed by atoms with Crippen molar-refractivity contribution in [2.24, 2.45) is 0 Å². The van der Waals surface area contributed by atoms with Crippen molar-refractivity contribution in [1.29, 1.82) is 0 Å². The molecular formula is C20H23N5O. The number of rotatable bonds is 3. The first-order valence-corrected chi connectivity index (χ1v) is 9.47. The maximum absolute atomic E-state index is 5.91. The number of piperazine rings is 1. The number of anilines is 2. The van der Waals surface area contributed by atoms with Gasteiger partial charge in [-0.2, -0.15) is 4.98 Å². The molecule has 2 aromatic heterocycles. The summed E-state index contributed by atoms with van der Waals surface area (Å²) >= 11 is 0. The number of aromatic nitrogens is 3. The second-order valence-corrected chi connectivity index (χ2v) is 7.26. The van der Waals surface area contributed by atoms with E-state index >= 15 is 0 Å². The second kappa shape index (κ2) is 6.27. The van der Waals surface area contributed by atoms with Crippen molar-refractivity contribution < 1.29 is 4.42 Å². The highest BCUT2D eigenvalue weighted by atomic mass is 16.4. The molecule has 3 aromatic rings. The Hall–Kier alpha value is -2.63. The third kappa shape index (κ3) is 2.79. The number of oxazole rings is 1. The minimum atomic E-state index is 0.636. The van der Waals surface area contributed by atoms with Gasteiger partial charge in [-0.05, 0) is 31.9 Å². The van der Waals surface area contributed by atoms with Crippen molar-refractivity contribution in [3.8, 4) is 0 Å². The molecule has 0 bridgehead atoms. The first kappa shape index (κ1) is 15.6. The molecule has 3 heterocycles. The molecule has 1 saturated carbocycles. The minimum Gasteiger partial charge on any atom is -0.423 e. The van der Waals surface area contributed by atoms with Crippen molar-refractivity contribution in [3.63, 3.8) is 0 Å². The Kier molecular flexibility index (Phi) is 3.76. The zero-order valence-corrected chi connectivity index (χ0v) is 15.1. The number of hydrogen-bond acceptors (Lipinski definition) is 6. The Balaban J connectivity index is 1.31. The van der Waals surface area contributed by atoms with Gasteiger partial charge in [0, 0.05) is 43.9 Å². The van der Waals surface area contributed by atoms with Crippen molar-refractivity contribution >= 4 is 22.9 Å². The van der Waals surface area contributed by atoms with Gasteiger partial charge in [0.25, 0.3) is 6.01 Å². The second-order valence-electron chi connectivity index (χ2n) is 7.26. The highest BCUT2D eigenvalue weighted by molar-refractivity contribution is 5.74. The van der Waals surface area contributed by atoms with Crippen LogP contribution in [0.25, 0.3) is 11.1 Å². The van der Waals surface area contributed by atoms with Crippen molar-refractivity contribution in [3.05, 3.63) is 41.9 Å². The topological polar surface area (TPSA) is 58.3 Å². The highest BCUT2D eigenvalue weighted by Crippen LogP contribution is 2.36. The number of fused-ring (bicyclic) bond motifs is 1. The number of benzene rings is 1. The zero-order chi connectivity index (χ0) is 17.5. The van der Waals surface area contributed by atoms with Gasteiger partial charge in [-0.25, -0.2) is 9.97 Å². The third-order valence-corrected chi connectivity index (χ3v) is 5.52. The van der Waals surface area contributed by atoms with Gasteiger partial charge in [-0.15, -0.1) is 0 Å². The molecule has 0 radical (unpaired) electrons. The lowest BCUT2D eigenvalue weighted by molar-refractivity contribution is 0.409. The molecule has 1 aliphatic carbocycles. The van der Waals surface area contributed by atoms with Crippen LogP contribution in [0.5, 0.6) is 0 Å². The first-order valence-electron chi connectivity index (χ1n) is 9.47. The van der Waals surface area contributed by atoms with E-state index in [2.05, 4.69) is 30.8 Å². The Morgan fingerprint density at radius 3 is 2.46 bits per heavy atom. The largest absolute Gasteiger partial charge is 0.423 e. The smallest absolute Gasteiger partial charge is 0.298 e. The van der Waals surface area contributed by atoms with Gasteiger partial charge >= 0.3 is 0 Å². The van der Waals surface area contributed by atoms with Crippen LogP contribution in [0.4, 0.5) is 11.8 Å². The summed E-state index contributed by atoms with van der Waals surface area (Å²) in [5.74, 6) is 2.58. The summed E-state index contributed by atoms with van der Waals surface area (Å²) in [6.07, 6.45) is 3.86. The molecular weight excluding hydrogens is 326 g/mol. The van der Waals surface area contributed by atoms with E-state index in [1.807, 2.05) is 31.2 Å². The first-order chi connectivity index (χ1) is 12.8. The number of aryl methyl sites for hydroxylation is 1. The molecule has 134 valence electrons. The van der Waals surface area contributed by atoms with Gasteiger partial charge in [-0.1, -0.05) is 18.6 Å². The number of nitrogens with zero attached hydrogens (tertiary/aromatic N) is 5. The minimum absolute atomic E-state index is 0.636. The standard InChI is InChI=1S/C20H23N5O/c1-14-21-17(15-5-4-6-15)13-19(22-14)24-9-11-25(12-10-24)20-23-16-7-2-3-8-18(16)26-20/h2-3,7-8,13,15H,4-6,9-12H2,1H3. The molecule has 1 aromatic carbocycles. The van der Waals surface area contributed by atoms with Crippen LogP contribution < -0.4 is 9.80 Å². The van der Waals surface area contributed by atoms with Crippen molar-refractivity contribution in [2.45, 2.75) is 32.1 Å². The molecule has 0 amide bonds. The molecule has 2 aliphatic rings. The molecule has 0 unspecified atom stereocenters. The summed E-state index contributed by atoms with van der Waals surface area (Å²) in [5, 5.41) is 0. The molecule has 1 saturated heterocycles. The fraction of sp³-hybridized carbons (Fsp3) is 0.450. The van der Waals surface area contributed by atoms with Gasteiger partial charge < -0.3 is 14.2 Å². The molecule has 26 heavy (non-hydrogen) atoms. The van der Waals surface area contributed by atoms with Crippen LogP contribution >= 0.6 is 0 Å². The van der Waals surface area contributed by atoms with Crippen LogP contribution in [0.1, 0.15) is 36.7 Å². The molecule has 0 spiro atoms. The monoisotopic (exact) mass is 349 g/mol. The lowest BCUT2D eigenvalue weighted by Crippen LogP contribution is -2.47. The summed E-state index contributed by atoms with van der Waals surface area (Å²) in [4.78, 5) is 18.5. The summed E-state index contributed by atoms with van der Waals surface area (Å²) in [6, 6.07) is 10.8. The van der Waals surface area contributed by atoms with E-state index < -0.39 is 0 Å². The molecule has 6 nitrogen and oxygen atoms in total. The third-order valence-electron chi connectivity index (χ3n) is 5.52. The molecule has 6 heteroatoms. The summed E-state index contributed by atoms with van der Waals surface area (Å²) < 4.78 is 5.91. The van der Waals surface area contributed by atoms with Crippen molar-refractivity contribution in [2.75, 3.05) is 36.0 Å². The lowest BCUT2D eigenvalue weighted by atomic mass is 9.83. The fourth-order valence-electron chi connectivity index (χ4n) is 3.77. The average molecular weight is 349 g/mol. The van der Waals surface area contributed by atoms with Gasteiger partial charge in [-0.3, -0.25) is 0 Å². The highest BCUT2D eigenvalue weighted by Gasteiger charge is 2.25. The maximum Gasteiger partial charge on any atom is 0.298 e. The average Bonchev–Trinajstić information content (AvgIpc) is 3.04. The summed E-state index contributed by atoms with van der Waals surface area (Å²) in [5.41, 5.74) is 2.99. The van der Waals surface area contributed by atoms with Gasteiger partial charge in [0.15, 0.2) is 5.58 Å². The molecule has 0 N–H and O–H groups in total. The van der Waals surface area contributed by atoms with E-state index in [1.165, 1.54) is 25.0 Å². The van der Waals surface area contributed by atoms with Gasteiger partial charge in [0.05, 0.1) is 0 Å². The van der Waals surface area contributed by atoms with Gasteiger partial charge in [0.2, 0.25) is 0 Å². The number of para-hydroxylation sites is 2. The van der Waals surface area contributed by atoms with Crippen LogP contribution in [-0.4, -0.2) is 41.1 Å². The molecule has 1 aliphatic heterocycles. The van der Waals surface area contributed by atoms with E-state index in [9.17, 15) is 0 Å². The predicted molar refractivity (Wildman–Crippen MR) is 102 cm³/mol. The SMILES string of the molecule is Cc1nc(C2CCC2)cc(N2CCN(c3nc4ccccc4o3)CC2)n1.